The highest BCUT2D eigenvalue weighted by molar-refractivity contribution is 5.89. The monoisotopic (exact) mass is 603 g/mol. The van der Waals surface area contributed by atoms with Gasteiger partial charge in [0.05, 0.1) is 23.2 Å². The van der Waals surface area contributed by atoms with Crippen LogP contribution in [0.3, 0.4) is 0 Å². The number of nitrogens with zero attached hydrogens (tertiary/aromatic N) is 6. The molecule has 12 heteroatoms. The van der Waals surface area contributed by atoms with Crippen LogP contribution in [0, 0.1) is 12.3 Å². The Morgan fingerprint density at radius 1 is 1.18 bits per heavy atom. The van der Waals surface area contributed by atoms with Crippen LogP contribution in [0.4, 0.5) is 10.6 Å². The molecule has 3 aromatic rings. The predicted molar refractivity (Wildman–Crippen MR) is 170 cm³/mol. The molecule has 2 fully saturated rings. The lowest BCUT2D eigenvalue weighted by atomic mass is 9.71. The quantitative estimate of drug-likeness (QED) is 0.286. The second-order valence-corrected chi connectivity index (χ2v) is 13.1. The number of carbonyl (C=O) groups excluding carboxylic acids is 2. The van der Waals surface area contributed by atoms with Crippen LogP contribution in [0.15, 0.2) is 42.6 Å². The zero-order chi connectivity index (χ0) is 31.8. The normalized spacial score (nSPS) is 19.1. The number of rotatable bonds is 6. The summed E-state index contributed by atoms with van der Waals surface area (Å²) in [5.74, 6) is 0.924. The van der Waals surface area contributed by atoms with Crippen molar-refractivity contribution in [2.24, 2.45) is 5.73 Å². The summed E-state index contributed by atoms with van der Waals surface area (Å²) in [5, 5.41) is 15.7. The van der Waals surface area contributed by atoms with Crippen molar-refractivity contribution in [1.82, 2.24) is 29.7 Å². The molecule has 44 heavy (non-hydrogen) atoms. The smallest absolute Gasteiger partial charge is 0.407 e. The van der Waals surface area contributed by atoms with Crippen LogP contribution >= 0.6 is 0 Å². The number of carbonyl (C=O) groups is 2. The van der Waals surface area contributed by atoms with Crippen molar-refractivity contribution in [2.45, 2.75) is 77.0 Å². The van der Waals surface area contributed by atoms with E-state index in [1.807, 2.05) is 89.2 Å². The van der Waals surface area contributed by atoms with E-state index in [0.717, 1.165) is 35.6 Å². The zero-order valence-corrected chi connectivity index (χ0v) is 26.6. The van der Waals surface area contributed by atoms with Gasteiger partial charge in [0, 0.05) is 51.1 Å². The first kappa shape index (κ1) is 31.1. The number of aromatic nitrogens is 3. The van der Waals surface area contributed by atoms with Gasteiger partial charge in [-0.2, -0.15) is 5.10 Å². The number of likely N-dealkylation sites (N-methyl/N-ethyl adjacent to an activating group) is 1. The van der Waals surface area contributed by atoms with Crippen LogP contribution in [0.25, 0.3) is 5.65 Å². The number of guanidine groups is 1. The Labute approximate surface area is 259 Å². The minimum Gasteiger partial charge on any atom is -0.444 e. The fourth-order valence-electron chi connectivity index (χ4n) is 6.31. The summed E-state index contributed by atoms with van der Waals surface area (Å²) in [4.78, 5) is 37.4. The molecule has 0 saturated carbocycles. The summed E-state index contributed by atoms with van der Waals surface area (Å²) >= 11 is 0. The molecule has 2 amide bonds. The average molecular weight is 604 g/mol. The fraction of sp³-hybridized carbons (Fsp3) is 0.531. The van der Waals surface area contributed by atoms with Gasteiger partial charge in [0.25, 0.3) is 0 Å². The number of ether oxygens (including phenoxy) is 1. The largest absolute Gasteiger partial charge is 0.444 e. The molecule has 2 atom stereocenters. The molecule has 12 nitrogen and oxygen atoms in total. The van der Waals surface area contributed by atoms with E-state index in [-0.39, 0.29) is 24.0 Å². The third-order valence-corrected chi connectivity index (χ3v) is 8.86. The van der Waals surface area contributed by atoms with E-state index in [0.29, 0.717) is 38.1 Å². The molecule has 1 aromatic carbocycles. The lowest BCUT2D eigenvalue weighted by Crippen LogP contribution is -2.54. The predicted octanol–water partition coefficient (Wildman–Crippen LogP) is 3.59. The van der Waals surface area contributed by atoms with Crippen molar-refractivity contribution >= 4 is 29.4 Å². The zero-order valence-electron chi connectivity index (χ0n) is 26.6. The van der Waals surface area contributed by atoms with E-state index in [2.05, 4.69) is 10.2 Å². The first-order valence-corrected chi connectivity index (χ1v) is 15.3. The molecule has 4 heterocycles. The molecule has 236 valence electrons. The van der Waals surface area contributed by atoms with Crippen molar-refractivity contribution in [2.75, 3.05) is 38.1 Å². The molecule has 0 unspecified atom stereocenters. The number of benzene rings is 1. The van der Waals surface area contributed by atoms with Crippen molar-refractivity contribution in [3.63, 3.8) is 0 Å². The molecule has 2 aliphatic heterocycles. The molecule has 0 bridgehead atoms. The van der Waals surface area contributed by atoms with Crippen molar-refractivity contribution in [1.29, 1.82) is 5.41 Å². The summed E-state index contributed by atoms with van der Waals surface area (Å²) in [6.07, 6.45) is 3.50. The van der Waals surface area contributed by atoms with Gasteiger partial charge >= 0.3 is 6.09 Å². The number of amides is 2. The highest BCUT2D eigenvalue weighted by Gasteiger charge is 2.45. The summed E-state index contributed by atoms with van der Waals surface area (Å²) in [7, 11) is 1.84. The number of likely N-dealkylation sites (tertiary alicyclic amines) is 1. The third kappa shape index (κ3) is 6.29. The Bertz CT molecular complexity index is 1520. The van der Waals surface area contributed by atoms with Crippen LogP contribution in [0.5, 0.6) is 0 Å². The number of anilines is 1. The molecule has 0 aliphatic carbocycles. The summed E-state index contributed by atoms with van der Waals surface area (Å²) < 4.78 is 7.20. The molecule has 2 aliphatic rings. The number of fused-ring (bicyclic) bond motifs is 1. The summed E-state index contributed by atoms with van der Waals surface area (Å²) in [6.45, 7) is 12.0. The molecular formula is C32H45N9O3. The standard InChI is InChI=1S/C32H45N9O3/c1-21-19-41-26(36-27(21)40-15-12-24(20-40)35-30(43)44-31(3,4)5)18-25(37-41)22(2)38(6)28(42)32(23-10-8-7-9-11-23)13-16-39(17-14-32)29(33)34/h7-11,18-19,22,24H,12-17,20H2,1-6H3,(H3,33,34)(H,35,43)/t22-,24-/m0/s1. The van der Waals surface area contributed by atoms with Gasteiger partial charge in [-0.1, -0.05) is 30.3 Å². The number of hydrogen-bond acceptors (Lipinski definition) is 7. The van der Waals surface area contributed by atoms with Crippen LogP contribution in [0.2, 0.25) is 0 Å². The van der Waals surface area contributed by atoms with Gasteiger partial charge in [-0.05, 0) is 59.4 Å². The number of nitrogens with two attached hydrogens (primary N) is 1. The Morgan fingerprint density at radius 3 is 2.50 bits per heavy atom. The molecule has 2 saturated heterocycles. The maximum atomic E-state index is 14.3. The summed E-state index contributed by atoms with van der Waals surface area (Å²) in [5.41, 5.74) is 7.92. The maximum Gasteiger partial charge on any atom is 0.407 e. The molecule has 0 radical (unpaired) electrons. The van der Waals surface area contributed by atoms with Gasteiger partial charge in [-0.15, -0.1) is 0 Å². The Hall–Kier alpha value is -4.35. The number of alkyl carbamates (subject to hydrolysis) is 1. The molecule has 4 N–H and O–H groups in total. The maximum absolute atomic E-state index is 14.3. The number of hydrogen-bond donors (Lipinski definition) is 3. The average Bonchev–Trinajstić information content (AvgIpc) is 3.61. The second kappa shape index (κ2) is 12.0. The van der Waals surface area contributed by atoms with Crippen LogP contribution < -0.4 is 16.0 Å². The highest BCUT2D eigenvalue weighted by Crippen LogP contribution is 2.39. The molecule has 2 aromatic heterocycles. The van der Waals surface area contributed by atoms with Crippen LogP contribution in [-0.4, -0.2) is 87.2 Å². The molecule has 0 spiro atoms. The van der Waals surface area contributed by atoms with E-state index >= 15 is 0 Å². The van der Waals surface area contributed by atoms with Gasteiger partial charge < -0.3 is 30.5 Å². The van der Waals surface area contributed by atoms with Gasteiger partial charge in [-0.3, -0.25) is 10.2 Å². The Morgan fingerprint density at radius 2 is 1.86 bits per heavy atom. The van der Waals surface area contributed by atoms with E-state index in [1.54, 1.807) is 9.42 Å². The van der Waals surface area contributed by atoms with Crippen LogP contribution in [0.1, 0.15) is 69.8 Å². The highest BCUT2D eigenvalue weighted by atomic mass is 16.6. The fourth-order valence-corrected chi connectivity index (χ4v) is 6.31. The Balaban J connectivity index is 1.33. The lowest BCUT2D eigenvalue weighted by molar-refractivity contribution is -0.140. The number of piperidine rings is 1. The molecular weight excluding hydrogens is 558 g/mol. The topological polar surface area (TPSA) is 145 Å². The van der Waals surface area contributed by atoms with Crippen molar-refractivity contribution in [3.8, 4) is 0 Å². The van der Waals surface area contributed by atoms with Gasteiger partial charge in [-0.25, -0.2) is 14.3 Å². The number of nitrogens with one attached hydrogen (secondary N) is 2. The number of aryl methyl sites for hydroxylation is 1. The minimum atomic E-state index is -0.711. The van der Waals surface area contributed by atoms with E-state index < -0.39 is 17.1 Å². The molecule has 5 rings (SSSR count). The SMILES string of the molecule is Cc1cn2nc([C@H](C)N(C)C(=O)C3(c4ccccc4)CCN(C(=N)N)CC3)cc2nc1N1CC[C@H](NC(=O)OC(C)(C)C)C1. The van der Waals surface area contributed by atoms with Gasteiger partial charge in [0.2, 0.25) is 5.91 Å². The minimum absolute atomic E-state index is 0.0262. The second-order valence-electron chi connectivity index (χ2n) is 13.1. The van der Waals surface area contributed by atoms with Gasteiger partial charge in [0.15, 0.2) is 11.6 Å². The van der Waals surface area contributed by atoms with Gasteiger partial charge in [0.1, 0.15) is 11.4 Å². The van der Waals surface area contributed by atoms with E-state index in [1.165, 1.54) is 0 Å². The van der Waals surface area contributed by atoms with Crippen molar-refractivity contribution in [3.05, 3.63) is 59.4 Å². The third-order valence-electron chi connectivity index (χ3n) is 8.86. The van der Waals surface area contributed by atoms with Crippen molar-refractivity contribution < 1.29 is 14.3 Å². The Kier molecular flexibility index (Phi) is 8.46. The lowest BCUT2D eigenvalue weighted by Gasteiger charge is -2.44. The van der Waals surface area contributed by atoms with E-state index in [9.17, 15) is 9.59 Å². The van der Waals surface area contributed by atoms with Crippen LogP contribution in [-0.2, 0) is 14.9 Å². The first-order chi connectivity index (χ1) is 20.8. The first-order valence-electron chi connectivity index (χ1n) is 15.3. The van der Waals surface area contributed by atoms with E-state index in [4.69, 9.17) is 26.0 Å². The summed E-state index contributed by atoms with van der Waals surface area (Å²) in [6, 6.07) is 11.5.